The highest BCUT2D eigenvalue weighted by Crippen LogP contribution is 2.02. The third-order valence-corrected chi connectivity index (χ3v) is 1.16. The Bertz CT molecular complexity index is 115. The molecule has 0 spiro atoms. The second-order valence-corrected chi connectivity index (χ2v) is 1.76. The number of amides is 1. The number of hydrogen-bond donors (Lipinski definition) is 1. The molecule has 0 bridgehead atoms. The summed E-state index contributed by atoms with van der Waals surface area (Å²) in [7, 11) is 1.61. The predicted molar refractivity (Wildman–Crippen MR) is 27.1 cm³/mol. The number of likely N-dealkylation sites (N-methyl/N-ethyl adjacent to an activating group) is 1. The van der Waals surface area contributed by atoms with Gasteiger partial charge in [0.1, 0.15) is 12.8 Å². The molecule has 0 aromatic rings. The monoisotopic (exact) mass is 116 g/mol. The molecule has 0 aromatic heterocycles. The molecule has 1 amide bonds. The SMILES string of the molecule is CN1C(=O)OCC1N. The zero-order chi connectivity index (χ0) is 6.15. The van der Waals surface area contributed by atoms with Crippen LogP contribution < -0.4 is 5.73 Å². The molecular weight excluding hydrogens is 108 g/mol. The normalized spacial score (nSPS) is 28.5. The minimum absolute atomic E-state index is 0.248. The van der Waals surface area contributed by atoms with Gasteiger partial charge in [0.15, 0.2) is 0 Å². The van der Waals surface area contributed by atoms with Crippen molar-refractivity contribution in [2.45, 2.75) is 6.17 Å². The van der Waals surface area contributed by atoms with Crippen LogP contribution in [0.5, 0.6) is 0 Å². The smallest absolute Gasteiger partial charge is 0.410 e. The Balaban J connectivity index is 2.56. The third kappa shape index (κ3) is 0.626. The summed E-state index contributed by atoms with van der Waals surface area (Å²) >= 11 is 0. The van der Waals surface area contributed by atoms with E-state index < -0.39 is 0 Å². The summed E-state index contributed by atoms with van der Waals surface area (Å²) in [6.45, 7) is 0.315. The quantitative estimate of drug-likeness (QED) is 0.457. The van der Waals surface area contributed by atoms with E-state index in [1.807, 2.05) is 0 Å². The number of cyclic esters (lactones) is 1. The Hall–Kier alpha value is -0.770. The van der Waals surface area contributed by atoms with Crippen LogP contribution in [0.25, 0.3) is 0 Å². The maximum atomic E-state index is 10.4. The lowest BCUT2D eigenvalue weighted by atomic mass is 10.5. The van der Waals surface area contributed by atoms with Crippen molar-refractivity contribution >= 4 is 6.09 Å². The van der Waals surface area contributed by atoms with Crippen molar-refractivity contribution in [3.8, 4) is 0 Å². The average Bonchev–Trinajstić information content (AvgIpc) is 1.98. The van der Waals surface area contributed by atoms with Crippen molar-refractivity contribution in [3.05, 3.63) is 0 Å². The maximum Gasteiger partial charge on any atom is 0.410 e. The van der Waals surface area contributed by atoms with Crippen LogP contribution in [0, 0.1) is 0 Å². The van der Waals surface area contributed by atoms with Gasteiger partial charge in [0.25, 0.3) is 0 Å². The van der Waals surface area contributed by atoms with Crippen LogP contribution >= 0.6 is 0 Å². The van der Waals surface area contributed by atoms with Crippen LogP contribution in [-0.4, -0.2) is 30.8 Å². The molecule has 1 unspecified atom stereocenters. The standard InChI is InChI=1S/C4H8N2O2/c1-6-3(5)2-8-4(6)7/h3H,2,5H2,1H3. The highest BCUT2D eigenvalue weighted by molar-refractivity contribution is 5.69. The molecule has 1 aliphatic heterocycles. The van der Waals surface area contributed by atoms with Gasteiger partial charge >= 0.3 is 6.09 Å². The molecule has 8 heavy (non-hydrogen) atoms. The summed E-state index contributed by atoms with van der Waals surface area (Å²) in [5.74, 6) is 0. The van der Waals surface area contributed by atoms with E-state index in [0.717, 1.165) is 0 Å². The lowest BCUT2D eigenvalue weighted by Crippen LogP contribution is -2.36. The lowest BCUT2D eigenvalue weighted by molar-refractivity contribution is 0.163. The summed E-state index contributed by atoms with van der Waals surface area (Å²) in [6.07, 6.45) is -0.583. The van der Waals surface area contributed by atoms with E-state index in [1.54, 1.807) is 7.05 Å². The number of carbonyl (C=O) groups is 1. The van der Waals surface area contributed by atoms with E-state index in [1.165, 1.54) is 4.90 Å². The van der Waals surface area contributed by atoms with Crippen molar-refractivity contribution < 1.29 is 9.53 Å². The van der Waals surface area contributed by atoms with Crippen molar-refractivity contribution in [3.63, 3.8) is 0 Å². The van der Waals surface area contributed by atoms with Crippen LogP contribution in [0.3, 0.4) is 0 Å². The van der Waals surface area contributed by atoms with Crippen LogP contribution in [0.2, 0.25) is 0 Å². The van der Waals surface area contributed by atoms with E-state index in [-0.39, 0.29) is 12.3 Å². The summed E-state index contributed by atoms with van der Waals surface area (Å²) in [5, 5.41) is 0. The average molecular weight is 116 g/mol. The molecule has 1 rings (SSSR count). The molecule has 0 radical (unpaired) electrons. The van der Waals surface area contributed by atoms with E-state index in [0.29, 0.717) is 6.61 Å². The molecule has 1 atom stereocenters. The van der Waals surface area contributed by atoms with Gasteiger partial charge in [0.05, 0.1) is 0 Å². The van der Waals surface area contributed by atoms with Crippen molar-refractivity contribution in [2.75, 3.05) is 13.7 Å². The fourth-order valence-electron chi connectivity index (χ4n) is 0.506. The molecule has 1 saturated heterocycles. The second-order valence-electron chi connectivity index (χ2n) is 1.76. The van der Waals surface area contributed by atoms with Gasteiger partial charge in [-0.1, -0.05) is 0 Å². The van der Waals surface area contributed by atoms with Gasteiger partial charge in [-0.3, -0.25) is 4.90 Å². The highest BCUT2D eigenvalue weighted by Gasteiger charge is 2.25. The number of rotatable bonds is 0. The zero-order valence-corrected chi connectivity index (χ0v) is 4.63. The first-order chi connectivity index (χ1) is 3.72. The molecule has 0 saturated carbocycles. The first-order valence-corrected chi connectivity index (χ1v) is 2.37. The van der Waals surface area contributed by atoms with Crippen molar-refractivity contribution in [2.24, 2.45) is 5.73 Å². The second kappa shape index (κ2) is 1.63. The molecular formula is C4H8N2O2. The number of nitrogens with two attached hydrogens (primary N) is 1. The topological polar surface area (TPSA) is 55.6 Å². The third-order valence-electron chi connectivity index (χ3n) is 1.16. The zero-order valence-electron chi connectivity index (χ0n) is 4.63. The number of carbonyl (C=O) groups excluding carboxylic acids is 1. The molecule has 0 aromatic carbocycles. The molecule has 1 fully saturated rings. The van der Waals surface area contributed by atoms with Crippen molar-refractivity contribution in [1.82, 2.24) is 4.90 Å². The molecule has 2 N–H and O–H groups in total. The summed E-state index contributed by atoms with van der Waals surface area (Å²) in [4.78, 5) is 11.8. The van der Waals surface area contributed by atoms with Gasteiger partial charge in [-0.25, -0.2) is 4.79 Å². The fourth-order valence-corrected chi connectivity index (χ4v) is 0.506. The van der Waals surface area contributed by atoms with E-state index in [4.69, 9.17) is 5.73 Å². The molecule has 1 aliphatic rings. The number of nitrogens with zero attached hydrogens (tertiary/aromatic N) is 1. The van der Waals surface area contributed by atoms with Gasteiger partial charge in [0, 0.05) is 7.05 Å². The Morgan fingerprint density at radius 1 is 2.00 bits per heavy atom. The first kappa shape index (κ1) is 5.37. The van der Waals surface area contributed by atoms with Crippen LogP contribution in [0.15, 0.2) is 0 Å². The van der Waals surface area contributed by atoms with E-state index in [2.05, 4.69) is 4.74 Å². The Morgan fingerprint density at radius 3 is 2.75 bits per heavy atom. The molecule has 0 aliphatic carbocycles. The van der Waals surface area contributed by atoms with Gasteiger partial charge in [-0.2, -0.15) is 0 Å². The molecule has 1 heterocycles. The Morgan fingerprint density at radius 2 is 2.62 bits per heavy atom. The van der Waals surface area contributed by atoms with Gasteiger partial charge in [-0.15, -0.1) is 0 Å². The number of ether oxygens (including phenoxy) is 1. The first-order valence-electron chi connectivity index (χ1n) is 2.37. The lowest BCUT2D eigenvalue weighted by Gasteiger charge is -2.08. The molecule has 4 heteroatoms. The molecule has 46 valence electrons. The fraction of sp³-hybridized carbons (Fsp3) is 0.750. The largest absolute Gasteiger partial charge is 0.446 e. The van der Waals surface area contributed by atoms with Crippen molar-refractivity contribution in [1.29, 1.82) is 0 Å². The van der Waals surface area contributed by atoms with Gasteiger partial charge in [0.2, 0.25) is 0 Å². The van der Waals surface area contributed by atoms with Gasteiger partial charge in [-0.05, 0) is 0 Å². The van der Waals surface area contributed by atoms with E-state index >= 15 is 0 Å². The highest BCUT2D eigenvalue weighted by atomic mass is 16.6. The Labute approximate surface area is 47.2 Å². The summed E-state index contributed by atoms with van der Waals surface area (Å²) in [6, 6.07) is 0. The van der Waals surface area contributed by atoms with Crippen LogP contribution in [0.4, 0.5) is 4.79 Å². The minimum Gasteiger partial charge on any atom is -0.446 e. The van der Waals surface area contributed by atoms with Crippen LogP contribution in [-0.2, 0) is 4.74 Å². The maximum absolute atomic E-state index is 10.4. The van der Waals surface area contributed by atoms with E-state index in [9.17, 15) is 4.79 Å². The number of hydrogen-bond acceptors (Lipinski definition) is 3. The molecule has 4 nitrogen and oxygen atoms in total. The summed E-state index contributed by atoms with van der Waals surface area (Å²) in [5.41, 5.74) is 5.35. The van der Waals surface area contributed by atoms with Crippen LogP contribution in [0.1, 0.15) is 0 Å². The predicted octanol–water partition coefficient (Wildman–Crippen LogP) is -0.647. The Kier molecular flexibility index (Phi) is 1.09. The summed E-state index contributed by atoms with van der Waals surface area (Å²) < 4.78 is 4.54. The minimum atomic E-state index is -0.336. The van der Waals surface area contributed by atoms with Gasteiger partial charge < -0.3 is 10.5 Å².